The summed E-state index contributed by atoms with van der Waals surface area (Å²) < 4.78 is 17.3. The molecule has 4 nitrogen and oxygen atoms in total. The molecule has 0 spiro atoms. The molecule has 0 aromatic heterocycles. The SMILES string of the molecule is c1ccc(COCCCCNC[C@H]2COc3ccccc3O2)cc1. The molecule has 24 heavy (non-hydrogen) atoms. The Morgan fingerprint density at radius 2 is 1.75 bits per heavy atom. The van der Waals surface area contributed by atoms with Crippen LogP contribution in [-0.2, 0) is 11.3 Å². The van der Waals surface area contributed by atoms with E-state index in [1.807, 2.05) is 42.5 Å². The van der Waals surface area contributed by atoms with E-state index in [0.29, 0.717) is 13.2 Å². The summed E-state index contributed by atoms with van der Waals surface area (Å²) in [6.07, 6.45) is 2.23. The van der Waals surface area contributed by atoms with Gasteiger partial charge in [0.15, 0.2) is 11.5 Å². The zero-order chi connectivity index (χ0) is 16.5. The first-order valence-corrected chi connectivity index (χ1v) is 8.63. The molecule has 4 heteroatoms. The van der Waals surface area contributed by atoms with E-state index < -0.39 is 0 Å². The number of unbranched alkanes of at least 4 members (excludes halogenated alkanes) is 1. The summed E-state index contributed by atoms with van der Waals surface area (Å²) in [6.45, 7) is 3.87. The molecule has 2 aromatic carbocycles. The van der Waals surface area contributed by atoms with Gasteiger partial charge in [-0.15, -0.1) is 0 Å². The molecule has 128 valence electrons. The first-order valence-electron chi connectivity index (χ1n) is 8.63. The monoisotopic (exact) mass is 327 g/mol. The number of rotatable bonds is 9. The maximum Gasteiger partial charge on any atom is 0.161 e. The second-order valence-electron chi connectivity index (χ2n) is 5.95. The van der Waals surface area contributed by atoms with Crippen molar-refractivity contribution in [3.63, 3.8) is 0 Å². The zero-order valence-corrected chi connectivity index (χ0v) is 13.9. The molecule has 0 saturated carbocycles. The van der Waals surface area contributed by atoms with Crippen molar-refractivity contribution in [3.05, 3.63) is 60.2 Å². The molecule has 1 aliphatic heterocycles. The lowest BCUT2D eigenvalue weighted by atomic mass is 10.2. The summed E-state index contributed by atoms with van der Waals surface area (Å²) in [5.74, 6) is 1.68. The van der Waals surface area contributed by atoms with E-state index >= 15 is 0 Å². The minimum absolute atomic E-state index is 0.0780. The van der Waals surface area contributed by atoms with Gasteiger partial charge in [-0.1, -0.05) is 42.5 Å². The first kappa shape index (κ1) is 16.8. The number of ether oxygens (including phenoxy) is 3. The van der Waals surface area contributed by atoms with Crippen molar-refractivity contribution in [2.45, 2.75) is 25.6 Å². The number of hydrogen-bond acceptors (Lipinski definition) is 4. The van der Waals surface area contributed by atoms with Crippen LogP contribution in [0.15, 0.2) is 54.6 Å². The largest absolute Gasteiger partial charge is 0.486 e. The normalized spacial score (nSPS) is 16.1. The third-order valence-electron chi connectivity index (χ3n) is 3.94. The summed E-state index contributed by atoms with van der Waals surface area (Å²) in [5, 5.41) is 3.43. The van der Waals surface area contributed by atoms with E-state index in [-0.39, 0.29) is 6.10 Å². The summed E-state index contributed by atoms with van der Waals surface area (Å²) in [5.41, 5.74) is 1.23. The molecule has 0 fully saturated rings. The van der Waals surface area contributed by atoms with E-state index in [4.69, 9.17) is 14.2 Å². The average Bonchev–Trinajstić information content (AvgIpc) is 2.64. The van der Waals surface area contributed by atoms with Gasteiger partial charge in [-0.2, -0.15) is 0 Å². The Balaban J connectivity index is 1.21. The Morgan fingerprint density at radius 3 is 2.62 bits per heavy atom. The van der Waals surface area contributed by atoms with Crippen molar-refractivity contribution in [1.82, 2.24) is 5.32 Å². The Hall–Kier alpha value is -2.04. The van der Waals surface area contributed by atoms with Crippen LogP contribution in [0.2, 0.25) is 0 Å². The second kappa shape index (κ2) is 9.30. The quantitative estimate of drug-likeness (QED) is 0.717. The highest BCUT2D eigenvalue weighted by Gasteiger charge is 2.19. The fourth-order valence-electron chi connectivity index (χ4n) is 2.65. The lowest BCUT2D eigenvalue weighted by Gasteiger charge is -2.26. The van der Waals surface area contributed by atoms with Gasteiger partial charge in [0, 0.05) is 13.2 Å². The van der Waals surface area contributed by atoms with Crippen molar-refractivity contribution in [2.75, 3.05) is 26.3 Å². The maximum absolute atomic E-state index is 5.91. The Labute approximate surface area is 143 Å². The molecule has 0 saturated heterocycles. The van der Waals surface area contributed by atoms with Crippen molar-refractivity contribution in [3.8, 4) is 11.5 Å². The van der Waals surface area contributed by atoms with Crippen LogP contribution in [-0.4, -0.2) is 32.4 Å². The van der Waals surface area contributed by atoms with E-state index in [2.05, 4.69) is 17.4 Å². The van der Waals surface area contributed by atoms with E-state index in [9.17, 15) is 0 Å². The fraction of sp³-hybridized carbons (Fsp3) is 0.400. The summed E-state index contributed by atoms with van der Waals surface area (Å²) in [6, 6.07) is 18.1. The van der Waals surface area contributed by atoms with Crippen LogP contribution < -0.4 is 14.8 Å². The Kier molecular flexibility index (Phi) is 6.51. The van der Waals surface area contributed by atoms with E-state index in [0.717, 1.165) is 44.0 Å². The predicted molar refractivity (Wildman–Crippen MR) is 94.6 cm³/mol. The lowest BCUT2D eigenvalue weighted by Crippen LogP contribution is -2.38. The van der Waals surface area contributed by atoms with Crippen LogP contribution in [0.3, 0.4) is 0 Å². The van der Waals surface area contributed by atoms with Crippen molar-refractivity contribution in [2.24, 2.45) is 0 Å². The minimum Gasteiger partial charge on any atom is -0.486 e. The molecule has 2 aromatic rings. The molecule has 1 aliphatic rings. The van der Waals surface area contributed by atoms with Crippen molar-refractivity contribution >= 4 is 0 Å². The van der Waals surface area contributed by atoms with Gasteiger partial charge < -0.3 is 19.5 Å². The lowest BCUT2D eigenvalue weighted by molar-refractivity contribution is 0.0898. The number of nitrogens with one attached hydrogen (secondary N) is 1. The molecule has 0 aliphatic carbocycles. The van der Waals surface area contributed by atoms with Crippen LogP contribution in [0.5, 0.6) is 11.5 Å². The molecule has 0 bridgehead atoms. The van der Waals surface area contributed by atoms with Gasteiger partial charge in [0.2, 0.25) is 0 Å². The molecule has 1 N–H and O–H groups in total. The van der Waals surface area contributed by atoms with Crippen molar-refractivity contribution in [1.29, 1.82) is 0 Å². The van der Waals surface area contributed by atoms with Crippen LogP contribution in [0, 0.1) is 0 Å². The number of para-hydroxylation sites is 2. The molecule has 1 heterocycles. The molecule has 0 radical (unpaired) electrons. The number of benzene rings is 2. The molecular weight excluding hydrogens is 302 g/mol. The predicted octanol–water partition coefficient (Wildman–Crippen LogP) is 3.41. The van der Waals surface area contributed by atoms with Gasteiger partial charge in [-0.05, 0) is 37.1 Å². The smallest absolute Gasteiger partial charge is 0.161 e. The number of hydrogen-bond donors (Lipinski definition) is 1. The molecular formula is C20H25NO3. The number of fused-ring (bicyclic) bond motifs is 1. The fourth-order valence-corrected chi connectivity index (χ4v) is 2.65. The highest BCUT2D eigenvalue weighted by atomic mass is 16.6. The summed E-state index contributed by atoms with van der Waals surface area (Å²) in [4.78, 5) is 0. The minimum atomic E-state index is 0.0780. The van der Waals surface area contributed by atoms with Gasteiger partial charge in [0.05, 0.1) is 6.61 Å². The maximum atomic E-state index is 5.91. The van der Waals surface area contributed by atoms with Gasteiger partial charge in [0.25, 0.3) is 0 Å². The first-order chi connectivity index (χ1) is 11.9. The third-order valence-corrected chi connectivity index (χ3v) is 3.94. The van der Waals surface area contributed by atoms with Gasteiger partial charge in [-0.25, -0.2) is 0 Å². The van der Waals surface area contributed by atoms with Crippen molar-refractivity contribution < 1.29 is 14.2 Å². The van der Waals surface area contributed by atoms with E-state index in [1.165, 1.54) is 5.56 Å². The van der Waals surface area contributed by atoms with E-state index in [1.54, 1.807) is 0 Å². The molecule has 3 rings (SSSR count). The third kappa shape index (κ3) is 5.25. The van der Waals surface area contributed by atoms with Gasteiger partial charge in [-0.3, -0.25) is 0 Å². The topological polar surface area (TPSA) is 39.7 Å². The van der Waals surface area contributed by atoms with Crippen LogP contribution in [0.4, 0.5) is 0 Å². The average molecular weight is 327 g/mol. The molecule has 0 unspecified atom stereocenters. The highest BCUT2D eigenvalue weighted by molar-refractivity contribution is 5.40. The standard InChI is InChI=1S/C20H25NO3/c1-2-8-17(9-3-1)15-22-13-7-6-12-21-14-18-16-23-19-10-4-5-11-20(19)24-18/h1-5,8-11,18,21H,6-7,12-16H2/t18-/m0/s1. The van der Waals surface area contributed by atoms with Crippen LogP contribution >= 0.6 is 0 Å². The highest BCUT2D eigenvalue weighted by Crippen LogP contribution is 2.30. The second-order valence-corrected chi connectivity index (χ2v) is 5.95. The molecule has 0 amide bonds. The Bertz CT molecular complexity index is 603. The summed E-state index contributed by atoms with van der Waals surface area (Å²) in [7, 11) is 0. The van der Waals surface area contributed by atoms with Crippen LogP contribution in [0.25, 0.3) is 0 Å². The van der Waals surface area contributed by atoms with Gasteiger partial charge >= 0.3 is 0 Å². The van der Waals surface area contributed by atoms with Crippen LogP contribution in [0.1, 0.15) is 18.4 Å². The molecule has 1 atom stereocenters. The zero-order valence-electron chi connectivity index (χ0n) is 13.9. The Morgan fingerprint density at radius 1 is 0.958 bits per heavy atom. The van der Waals surface area contributed by atoms with Gasteiger partial charge in [0.1, 0.15) is 12.7 Å². The summed E-state index contributed by atoms with van der Waals surface area (Å²) >= 11 is 0.